The summed E-state index contributed by atoms with van der Waals surface area (Å²) < 4.78 is 63.4. The first-order valence-corrected chi connectivity index (χ1v) is 21.8. The minimum Gasteiger partial charge on any atom is -0.463 e. The molecule has 0 unspecified atom stereocenters. The molecule has 2 aromatic rings. The van der Waals surface area contributed by atoms with Gasteiger partial charge in [-0.1, -0.05) is 85.8 Å². The Balaban J connectivity index is 0.000000554. The molecule has 0 aliphatic carbocycles. The van der Waals surface area contributed by atoms with Gasteiger partial charge < -0.3 is 14.2 Å². The van der Waals surface area contributed by atoms with Gasteiger partial charge in [-0.15, -0.1) is 0 Å². The Morgan fingerprint density at radius 2 is 1.45 bits per heavy atom. The lowest BCUT2D eigenvalue weighted by molar-refractivity contribution is -0.385. The van der Waals surface area contributed by atoms with Crippen LogP contribution >= 0.6 is 50.5 Å². The number of benzene rings is 2. The van der Waals surface area contributed by atoms with Crippen LogP contribution in [0.5, 0.6) is 11.5 Å². The molecule has 2 rings (SSSR count). The zero-order chi connectivity index (χ0) is 35.5. The second-order valence-corrected chi connectivity index (χ2v) is 21.9. The second-order valence-electron chi connectivity index (χ2n) is 9.57. The lowest BCUT2D eigenvalue weighted by Gasteiger charge is -2.15. The van der Waals surface area contributed by atoms with Crippen molar-refractivity contribution in [2.24, 2.45) is 0 Å². The Bertz CT molecular complexity index is 1320. The number of carbonyl (C=O) groups is 2. The SMILES string of the molecule is CCCCSP(=O)(SCCCC)SCCCC.CCOC(=O)COC(=O)c1cc(Oc2ccc(C(F)(F)F)cc2Cl)ccc1[N+](=O)[O-]. The summed E-state index contributed by atoms with van der Waals surface area (Å²) in [5.74, 6) is 0.829. The summed E-state index contributed by atoms with van der Waals surface area (Å²) in [6.45, 7) is 7.41. The third-order valence-electron chi connectivity index (χ3n) is 5.74. The van der Waals surface area contributed by atoms with Gasteiger partial charge in [0, 0.05) is 29.4 Å². The number of esters is 2. The lowest BCUT2D eigenvalue weighted by Crippen LogP contribution is -2.17. The Morgan fingerprint density at radius 3 is 1.89 bits per heavy atom. The van der Waals surface area contributed by atoms with Gasteiger partial charge >= 0.3 is 18.1 Å². The van der Waals surface area contributed by atoms with E-state index in [4.69, 9.17) is 21.1 Å². The number of nitro benzene ring substituents is 1. The van der Waals surface area contributed by atoms with Crippen molar-refractivity contribution in [3.63, 3.8) is 0 Å². The molecule has 2 aromatic carbocycles. The highest BCUT2D eigenvalue weighted by molar-refractivity contribution is 9.14. The minimum absolute atomic E-state index is 0.0493. The topological polar surface area (TPSA) is 122 Å². The molecule has 264 valence electrons. The summed E-state index contributed by atoms with van der Waals surface area (Å²) in [6.07, 6.45) is 2.57. The van der Waals surface area contributed by atoms with E-state index in [2.05, 4.69) is 25.5 Å². The molecule has 0 bridgehead atoms. The van der Waals surface area contributed by atoms with E-state index >= 15 is 0 Å². The third kappa shape index (κ3) is 16.7. The zero-order valence-corrected chi connectivity index (χ0v) is 30.7. The molecule has 0 heterocycles. The first-order valence-electron chi connectivity index (χ1n) is 14.9. The molecule has 9 nitrogen and oxygen atoms in total. The van der Waals surface area contributed by atoms with Crippen molar-refractivity contribution in [3.8, 4) is 11.5 Å². The Labute approximate surface area is 290 Å². The summed E-state index contributed by atoms with van der Waals surface area (Å²) in [7, 11) is 0. The fourth-order valence-corrected chi connectivity index (χ4v) is 15.5. The predicted molar refractivity (Wildman–Crippen MR) is 186 cm³/mol. The first kappa shape index (κ1) is 43.0. The Morgan fingerprint density at radius 1 is 0.894 bits per heavy atom. The van der Waals surface area contributed by atoms with E-state index in [1.54, 1.807) is 34.1 Å². The largest absolute Gasteiger partial charge is 0.463 e. The van der Waals surface area contributed by atoms with Gasteiger partial charge in [-0.25, -0.2) is 9.59 Å². The van der Waals surface area contributed by atoms with Crippen LogP contribution in [0.25, 0.3) is 0 Å². The van der Waals surface area contributed by atoms with Crippen molar-refractivity contribution in [3.05, 3.63) is 62.7 Å². The minimum atomic E-state index is -4.61. The normalized spacial score (nSPS) is 11.3. The zero-order valence-electron chi connectivity index (χ0n) is 26.6. The van der Waals surface area contributed by atoms with Crippen LogP contribution < -0.4 is 4.74 Å². The Hall–Kier alpha value is -2.06. The molecule has 0 aromatic heterocycles. The number of hydrogen-bond donors (Lipinski definition) is 0. The molecule has 0 aliphatic heterocycles. The first-order chi connectivity index (χ1) is 22.2. The van der Waals surface area contributed by atoms with Gasteiger partial charge in [-0.2, -0.15) is 13.2 Å². The van der Waals surface area contributed by atoms with E-state index in [1.807, 2.05) is 0 Å². The second kappa shape index (κ2) is 22.6. The van der Waals surface area contributed by atoms with Crippen LogP contribution in [0, 0.1) is 10.1 Å². The van der Waals surface area contributed by atoms with Crippen molar-refractivity contribution >= 4 is 68.1 Å². The summed E-state index contributed by atoms with van der Waals surface area (Å²) in [5.41, 5.74) is -2.16. The van der Waals surface area contributed by atoms with E-state index < -0.39 is 51.2 Å². The monoisotopic (exact) mass is 761 g/mol. The predicted octanol–water partition coefficient (Wildman–Crippen LogP) is 11.5. The van der Waals surface area contributed by atoms with E-state index in [0.29, 0.717) is 6.07 Å². The number of nitrogens with zero attached hydrogens (tertiary/aromatic N) is 1. The summed E-state index contributed by atoms with van der Waals surface area (Å²) in [6, 6.07) is 5.35. The maximum atomic E-state index is 12.7. The summed E-state index contributed by atoms with van der Waals surface area (Å²) in [4.78, 5) is 33.8. The fourth-order valence-electron chi connectivity index (χ4n) is 3.27. The number of carbonyl (C=O) groups excluding carboxylic acids is 2. The van der Waals surface area contributed by atoms with Gasteiger partial charge in [-0.05, 0) is 50.5 Å². The molecular formula is C30H40ClF3NO8PS3. The average molecular weight is 762 g/mol. The quantitative estimate of drug-likeness (QED) is 0.0447. The average Bonchev–Trinajstić information content (AvgIpc) is 3.01. The molecule has 0 radical (unpaired) electrons. The van der Waals surface area contributed by atoms with Crippen LogP contribution in [0.1, 0.15) is 82.1 Å². The van der Waals surface area contributed by atoms with Gasteiger partial charge in [0.2, 0.25) is 4.75 Å². The number of alkyl halides is 3. The maximum absolute atomic E-state index is 12.7. The van der Waals surface area contributed by atoms with Crippen LogP contribution in [0.2, 0.25) is 5.02 Å². The van der Waals surface area contributed by atoms with Gasteiger partial charge in [0.25, 0.3) is 5.69 Å². The van der Waals surface area contributed by atoms with E-state index in [1.165, 1.54) is 45.4 Å². The molecular weight excluding hydrogens is 722 g/mol. The van der Waals surface area contributed by atoms with E-state index in [-0.39, 0.29) is 23.1 Å². The maximum Gasteiger partial charge on any atom is 0.416 e. The summed E-state index contributed by atoms with van der Waals surface area (Å²) >= 11 is 11.0. The lowest BCUT2D eigenvalue weighted by atomic mass is 10.1. The molecule has 0 fully saturated rings. The molecule has 0 saturated carbocycles. The van der Waals surface area contributed by atoms with Crippen LogP contribution in [-0.4, -0.2) is 47.3 Å². The van der Waals surface area contributed by atoms with Crippen LogP contribution in [0.4, 0.5) is 18.9 Å². The van der Waals surface area contributed by atoms with Crippen molar-refractivity contribution in [1.82, 2.24) is 0 Å². The van der Waals surface area contributed by atoms with Crippen LogP contribution in [0.3, 0.4) is 0 Å². The van der Waals surface area contributed by atoms with Crippen LogP contribution in [-0.2, 0) is 25.0 Å². The van der Waals surface area contributed by atoms with Gasteiger partial charge in [0.15, 0.2) is 6.61 Å². The highest BCUT2D eigenvalue weighted by Gasteiger charge is 2.31. The van der Waals surface area contributed by atoms with Gasteiger partial charge in [-0.3, -0.25) is 14.7 Å². The highest BCUT2D eigenvalue weighted by Crippen LogP contribution is 2.78. The standard InChI is InChI=1S/C18H13ClF3NO7.C12H27OPS3/c1-2-28-16(24)9-29-17(25)12-8-11(4-5-14(12)23(26)27)30-15-6-3-10(7-13(15)19)18(20,21)22;1-4-7-10-15-14(13,16-11-8-5-2)17-12-9-6-3/h3-8H,2,9H2,1H3;4-12H2,1-3H3. The number of rotatable bonds is 19. The molecule has 17 heteroatoms. The number of ether oxygens (including phenoxy) is 3. The number of hydrogen-bond acceptors (Lipinski definition) is 11. The number of unbranched alkanes of at least 4 members (excludes halogenated alkanes) is 3. The van der Waals surface area contributed by atoms with E-state index in [0.717, 1.165) is 47.6 Å². The molecule has 0 aliphatic rings. The van der Waals surface area contributed by atoms with Crippen molar-refractivity contribution in [1.29, 1.82) is 0 Å². The molecule has 0 N–H and O–H groups in total. The molecule has 0 saturated heterocycles. The highest BCUT2D eigenvalue weighted by atomic mass is 35.5. The molecule has 0 spiro atoms. The molecule has 47 heavy (non-hydrogen) atoms. The fraction of sp³-hybridized carbons (Fsp3) is 0.533. The Kier molecular flexibility index (Phi) is 20.6. The van der Waals surface area contributed by atoms with E-state index in [9.17, 15) is 37.4 Å². The van der Waals surface area contributed by atoms with Crippen LogP contribution in [0.15, 0.2) is 36.4 Å². The van der Waals surface area contributed by atoms with Crippen molar-refractivity contribution in [2.45, 2.75) is 72.4 Å². The number of halogens is 4. The van der Waals surface area contributed by atoms with Crippen molar-refractivity contribution in [2.75, 3.05) is 30.5 Å². The molecule has 0 amide bonds. The number of nitro groups is 1. The molecule has 0 atom stereocenters. The smallest absolute Gasteiger partial charge is 0.416 e. The summed E-state index contributed by atoms with van der Waals surface area (Å²) in [5, 5.41) is 10.8. The van der Waals surface area contributed by atoms with Gasteiger partial charge in [0.05, 0.1) is 22.1 Å². The van der Waals surface area contributed by atoms with Gasteiger partial charge in [0.1, 0.15) is 17.1 Å². The van der Waals surface area contributed by atoms with Crippen molar-refractivity contribution < 1.29 is 46.5 Å². The third-order valence-corrected chi connectivity index (χ3v) is 18.6.